The second-order valence-corrected chi connectivity index (χ2v) is 5.45. The number of fused-ring (bicyclic) bond motifs is 1. The van der Waals surface area contributed by atoms with Crippen LogP contribution >= 0.6 is 0 Å². The van der Waals surface area contributed by atoms with Crippen molar-refractivity contribution < 1.29 is 30.7 Å². The molecule has 21 heavy (non-hydrogen) atoms. The van der Waals surface area contributed by atoms with Crippen molar-refractivity contribution in [3.63, 3.8) is 0 Å². The molecule has 0 fully saturated rings. The number of hydrogen-bond donors (Lipinski definition) is 0. The van der Waals surface area contributed by atoms with Crippen LogP contribution in [0, 0.1) is 0 Å². The van der Waals surface area contributed by atoms with Crippen LogP contribution in [0.2, 0.25) is 0 Å². The first-order valence-corrected chi connectivity index (χ1v) is 7.52. The van der Waals surface area contributed by atoms with Crippen molar-refractivity contribution in [1.29, 1.82) is 0 Å². The normalized spacial score (nSPS) is 12.1. The van der Waals surface area contributed by atoms with Crippen molar-refractivity contribution in [2.45, 2.75) is 32.4 Å². The molecule has 0 bridgehead atoms. The molecule has 0 aliphatic carbocycles. The summed E-state index contributed by atoms with van der Waals surface area (Å²) < 4.78 is 63.5. The van der Waals surface area contributed by atoms with Crippen LogP contribution in [-0.4, -0.2) is 23.0 Å². The Morgan fingerprint density at radius 2 is 1.76 bits per heavy atom. The van der Waals surface area contributed by atoms with Crippen LogP contribution in [0.25, 0.3) is 11.0 Å². The summed E-state index contributed by atoms with van der Waals surface area (Å²) in [6.45, 7) is 6.42. The number of imidazole rings is 1. The van der Waals surface area contributed by atoms with Gasteiger partial charge in [-0.15, -0.1) is 0 Å². The molecule has 2 aromatic rings. The molecule has 0 spiro atoms. The lowest BCUT2D eigenvalue weighted by Gasteiger charge is -2.08. The Bertz CT molecular complexity index is 670. The zero-order chi connectivity index (χ0) is 16.3. The number of benzene rings is 1. The number of hydrogen-bond acceptors (Lipinski definition) is 3. The van der Waals surface area contributed by atoms with Crippen LogP contribution in [0.3, 0.4) is 0 Å². The van der Waals surface area contributed by atoms with Gasteiger partial charge in [-0.05, 0) is 26.0 Å². The van der Waals surface area contributed by atoms with Gasteiger partial charge in [0.1, 0.15) is 0 Å². The van der Waals surface area contributed by atoms with E-state index in [9.17, 15) is 13.2 Å². The van der Waals surface area contributed by atoms with Crippen molar-refractivity contribution in [3.8, 4) is 0 Å². The van der Waals surface area contributed by atoms with E-state index in [1.807, 2.05) is 0 Å². The Hall–Kier alpha value is -1.61. The van der Waals surface area contributed by atoms with Crippen LogP contribution in [-0.2, 0) is 23.2 Å². The minimum Gasteiger partial charge on any atom is -0.741 e. The summed E-state index contributed by atoms with van der Waals surface area (Å²) >= 11 is 0. The van der Waals surface area contributed by atoms with Gasteiger partial charge in [0.05, 0.1) is 13.1 Å². The summed E-state index contributed by atoms with van der Waals surface area (Å²) in [4.78, 5) is 0. The minimum absolute atomic E-state index is 1.04. The maximum absolute atomic E-state index is 10.7. The standard InChI is InChI=1S/C11H15N2.CHF3O3S/c1-3-12-9-13(4-2)11-8-6-5-7-10(11)12;2-1(3,4)8(5,6)7/h5-9H,3-4H2,1-2H3;(H,5,6,7)/q+1;/p-1. The zero-order valence-corrected chi connectivity index (χ0v) is 12.3. The number of aryl methyl sites for hydroxylation is 2. The van der Waals surface area contributed by atoms with Gasteiger partial charge in [0.25, 0.3) is 0 Å². The van der Waals surface area contributed by atoms with E-state index < -0.39 is 15.6 Å². The maximum atomic E-state index is 10.7. The molecule has 0 saturated heterocycles. The summed E-state index contributed by atoms with van der Waals surface area (Å²) in [5.41, 5.74) is -2.99. The summed E-state index contributed by atoms with van der Waals surface area (Å²) in [7, 11) is -6.09. The average Bonchev–Trinajstić information content (AvgIpc) is 2.75. The number of nitrogens with zero attached hydrogens (tertiary/aromatic N) is 2. The number of para-hydroxylation sites is 2. The molecule has 0 N–H and O–H groups in total. The molecular weight excluding hydrogens is 309 g/mol. The molecule has 1 aromatic carbocycles. The number of alkyl halides is 3. The summed E-state index contributed by atoms with van der Waals surface area (Å²) in [6, 6.07) is 8.53. The van der Waals surface area contributed by atoms with Gasteiger partial charge in [-0.25, -0.2) is 17.6 Å². The van der Waals surface area contributed by atoms with Gasteiger partial charge in [-0.3, -0.25) is 0 Å². The Morgan fingerprint density at radius 1 is 1.24 bits per heavy atom. The SMILES string of the molecule is CCn1c[n+](CC)c2ccccc21.O=S(=O)([O-])C(F)(F)F. The molecular formula is C12H15F3N2O3S. The van der Waals surface area contributed by atoms with Crippen LogP contribution in [0.4, 0.5) is 13.2 Å². The Labute approximate surface area is 120 Å². The van der Waals surface area contributed by atoms with Crippen molar-refractivity contribution in [1.82, 2.24) is 4.57 Å². The molecule has 0 atom stereocenters. The van der Waals surface area contributed by atoms with Crippen LogP contribution in [0.1, 0.15) is 13.8 Å². The first-order chi connectivity index (χ1) is 9.61. The largest absolute Gasteiger partial charge is 0.741 e. The maximum Gasteiger partial charge on any atom is 0.485 e. The van der Waals surface area contributed by atoms with Gasteiger partial charge in [0.15, 0.2) is 21.2 Å². The predicted molar refractivity (Wildman–Crippen MR) is 69.2 cm³/mol. The van der Waals surface area contributed by atoms with E-state index in [0.717, 1.165) is 13.1 Å². The summed E-state index contributed by atoms with van der Waals surface area (Å²) in [6.07, 6.45) is 2.19. The lowest BCUT2D eigenvalue weighted by Crippen LogP contribution is -2.30. The Morgan fingerprint density at radius 3 is 2.19 bits per heavy atom. The lowest BCUT2D eigenvalue weighted by atomic mass is 10.3. The molecule has 1 heterocycles. The molecule has 1 aromatic heterocycles. The topological polar surface area (TPSA) is 66.0 Å². The van der Waals surface area contributed by atoms with Crippen molar-refractivity contribution in [3.05, 3.63) is 30.6 Å². The van der Waals surface area contributed by atoms with Crippen LogP contribution < -0.4 is 4.57 Å². The number of aromatic nitrogens is 2. The molecule has 0 aliphatic rings. The number of rotatable bonds is 2. The first kappa shape index (κ1) is 17.4. The lowest BCUT2D eigenvalue weighted by molar-refractivity contribution is -0.668. The van der Waals surface area contributed by atoms with E-state index in [4.69, 9.17) is 13.0 Å². The quantitative estimate of drug-likeness (QED) is 0.482. The highest BCUT2D eigenvalue weighted by Crippen LogP contribution is 2.20. The molecule has 118 valence electrons. The third kappa shape index (κ3) is 4.18. The molecule has 0 amide bonds. The van der Waals surface area contributed by atoms with Gasteiger partial charge >= 0.3 is 5.51 Å². The van der Waals surface area contributed by atoms with E-state index in [1.54, 1.807) is 0 Å². The van der Waals surface area contributed by atoms with E-state index in [-0.39, 0.29) is 0 Å². The third-order valence-corrected chi connectivity index (χ3v) is 3.31. The van der Waals surface area contributed by atoms with Gasteiger partial charge < -0.3 is 4.55 Å². The summed E-state index contributed by atoms with van der Waals surface area (Å²) in [5, 5.41) is 0. The highest BCUT2D eigenvalue weighted by Gasteiger charge is 2.36. The van der Waals surface area contributed by atoms with E-state index >= 15 is 0 Å². The minimum atomic E-state index is -6.09. The van der Waals surface area contributed by atoms with Crippen LogP contribution in [0.15, 0.2) is 30.6 Å². The first-order valence-electron chi connectivity index (χ1n) is 6.11. The van der Waals surface area contributed by atoms with Crippen molar-refractivity contribution in [2.24, 2.45) is 0 Å². The highest BCUT2D eigenvalue weighted by atomic mass is 32.2. The van der Waals surface area contributed by atoms with Gasteiger partial charge in [0, 0.05) is 0 Å². The van der Waals surface area contributed by atoms with E-state index in [0.29, 0.717) is 0 Å². The zero-order valence-electron chi connectivity index (χ0n) is 11.5. The van der Waals surface area contributed by atoms with Crippen molar-refractivity contribution in [2.75, 3.05) is 0 Å². The monoisotopic (exact) mass is 324 g/mol. The van der Waals surface area contributed by atoms with E-state index in [2.05, 4.69) is 53.6 Å². The van der Waals surface area contributed by atoms with Gasteiger partial charge in [0.2, 0.25) is 6.33 Å². The molecule has 0 radical (unpaired) electrons. The fourth-order valence-electron chi connectivity index (χ4n) is 1.75. The van der Waals surface area contributed by atoms with Gasteiger partial charge in [-0.1, -0.05) is 12.1 Å². The fraction of sp³-hybridized carbons (Fsp3) is 0.417. The highest BCUT2D eigenvalue weighted by molar-refractivity contribution is 7.86. The fourth-order valence-corrected chi connectivity index (χ4v) is 1.75. The summed E-state index contributed by atoms with van der Waals surface area (Å²) in [5.74, 6) is 0. The number of halogens is 3. The molecule has 5 nitrogen and oxygen atoms in total. The van der Waals surface area contributed by atoms with Crippen LogP contribution in [0.5, 0.6) is 0 Å². The molecule has 2 rings (SSSR count). The third-order valence-electron chi connectivity index (χ3n) is 2.74. The smallest absolute Gasteiger partial charge is 0.485 e. The molecule has 0 unspecified atom stereocenters. The molecule has 9 heteroatoms. The molecule has 0 saturated carbocycles. The second-order valence-electron chi connectivity index (χ2n) is 4.08. The van der Waals surface area contributed by atoms with Crippen molar-refractivity contribution >= 4 is 21.2 Å². The predicted octanol–water partition coefficient (Wildman–Crippen LogP) is 2.02. The second kappa shape index (κ2) is 6.44. The van der Waals surface area contributed by atoms with Gasteiger partial charge in [-0.2, -0.15) is 13.2 Å². The Kier molecular flexibility index (Phi) is 5.35. The average molecular weight is 324 g/mol. The molecule has 0 aliphatic heterocycles. The Balaban J connectivity index is 0.000000240. The van der Waals surface area contributed by atoms with E-state index in [1.165, 1.54) is 11.0 Å².